The van der Waals surface area contributed by atoms with Crippen LogP contribution in [0, 0.1) is 0 Å². The average Bonchev–Trinajstić information content (AvgIpc) is 2.71. The highest BCUT2D eigenvalue weighted by atomic mass is 79.9. The Labute approximate surface area is 172 Å². The summed E-state index contributed by atoms with van der Waals surface area (Å²) in [5, 5.41) is 0. The Kier molecular flexibility index (Phi) is 8.13. The monoisotopic (exact) mass is 450 g/mol. The van der Waals surface area contributed by atoms with Gasteiger partial charge in [0.2, 0.25) is 0 Å². The summed E-state index contributed by atoms with van der Waals surface area (Å²) in [5.41, 5.74) is 5.77. The van der Waals surface area contributed by atoms with Gasteiger partial charge in [-0.25, -0.2) is 0 Å². The van der Waals surface area contributed by atoms with Crippen molar-refractivity contribution in [1.82, 2.24) is 10.9 Å². The molecule has 0 aromatic heterocycles. The molecule has 0 bridgehead atoms. The Morgan fingerprint density at radius 1 is 1.07 bits per heavy atom. The van der Waals surface area contributed by atoms with Gasteiger partial charge in [-0.1, -0.05) is 25.1 Å². The van der Waals surface area contributed by atoms with Gasteiger partial charge in [-0.3, -0.25) is 20.4 Å². The number of carbonyl (C=O) groups excluding carboxylic acids is 2. The van der Waals surface area contributed by atoms with Crippen LogP contribution < -0.4 is 25.1 Å². The fourth-order valence-electron chi connectivity index (χ4n) is 2.25. The van der Waals surface area contributed by atoms with Crippen LogP contribution in [0.25, 0.3) is 0 Å². The number of amides is 2. The molecule has 0 saturated carbocycles. The van der Waals surface area contributed by atoms with Gasteiger partial charge in [-0.2, -0.15) is 0 Å². The molecule has 0 heterocycles. The maximum atomic E-state index is 12.1. The van der Waals surface area contributed by atoms with Crippen LogP contribution in [0.15, 0.2) is 46.9 Å². The Hall–Kier alpha value is -2.74. The van der Waals surface area contributed by atoms with Crippen LogP contribution in [-0.2, 0) is 16.0 Å². The molecule has 2 aromatic rings. The van der Waals surface area contributed by atoms with Crippen molar-refractivity contribution in [3.05, 3.63) is 52.5 Å². The molecule has 150 valence electrons. The minimum Gasteiger partial charge on any atom is -0.493 e. The van der Waals surface area contributed by atoms with E-state index in [4.69, 9.17) is 14.2 Å². The van der Waals surface area contributed by atoms with Crippen molar-refractivity contribution in [3.63, 3.8) is 0 Å². The number of carbonyl (C=O) groups is 2. The highest BCUT2D eigenvalue weighted by Crippen LogP contribution is 2.27. The van der Waals surface area contributed by atoms with E-state index in [1.165, 1.54) is 7.11 Å². The van der Waals surface area contributed by atoms with Crippen LogP contribution in [0.4, 0.5) is 0 Å². The number of rotatable bonds is 8. The molecule has 1 atom stereocenters. The molecular weight excluding hydrogens is 428 g/mol. The topological polar surface area (TPSA) is 85.9 Å². The highest BCUT2D eigenvalue weighted by molar-refractivity contribution is 9.10. The third kappa shape index (κ3) is 6.16. The molecule has 2 rings (SSSR count). The molecule has 0 aliphatic rings. The van der Waals surface area contributed by atoms with Crippen molar-refractivity contribution >= 4 is 27.7 Å². The number of aryl methyl sites for hydroxylation is 1. The summed E-state index contributed by atoms with van der Waals surface area (Å²) in [5.74, 6) is 0.491. The second kappa shape index (κ2) is 10.6. The summed E-state index contributed by atoms with van der Waals surface area (Å²) in [7, 11) is 1.52. The molecule has 28 heavy (non-hydrogen) atoms. The zero-order valence-electron chi connectivity index (χ0n) is 16.0. The van der Waals surface area contributed by atoms with Crippen LogP contribution in [0.1, 0.15) is 19.4 Å². The second-order valence-corrected chi connectivity index (χ2v) is 6.71. The lowest BCUT2D eigenvalue weighted by Gasteiger charge is -2.17. The smallest absolute Gasteiger partial charge is 0.279 e. The summed E-state index contributed by atoms with van der Waals surface area (Å²) in [6.07, 6.45) is 0.0637. The van der Waals surface area contributed by atoms with E-state index in [9.17, 15) is 9.59 Å². The van der Waals surface area contributed by atoms with Gasteiger partial charge in [0.15, 0.2) is 24.2 Å². The molecule has 0 saturated heterocycles. The van der Waals surface area contributed by atoms with E-state index >= 15 is 0 Å². The Balaban J connectivity index is 1.79. The first-order chi connectivity index (χ1) is 13.4. The van der Waals surface area contributed by atoms with Gasteiger partial charge >= 0.3 is 0 Å². The van der Waals surface area contributed by atoms with Crippen LogP contribution in [-0.4, -0.2) is 31.6 Å². The van der Waals surface area contributed by atoms with Crippen molar-refractivity contribution in [2.24, 2.45) is 0 Å². The number of hydrazine groups is 1. The van der Waals surface area contributed by atoms with E-state index in [1.807, 2.05) is 12.1 Å². The Morgan fingerprint density at radius 2 is 1.79 bits per heavy atom. The Morgan fingerprint density at radius 3 is 2.43 bits per heavy atom. The third-order valence-corrected chi connectivity index (χ3v) is 4.45. The second-order valence-electron chi connectivity index (χ2n) is 5.86. The predicted molar refractivity (Wildman–Crippen MR) is 108 cm³/mol. The maximum absolute atomic E-state index is 12.1. The number of halogens is 1. The lowest BCUT2D eigenvalue weighted by atomic mass is 10.2. The molecule has 0 radical (unpaired) electrons. The van der Waals surface area contributed by atoms with E-state index in [1.54, 1.807) is 37.3 Å². The molecule has 7 nitrogen and oxygen atoms in total. The van der Waals surface area contributed by atoms with E-state index in [0.717, 1.165) is 16.5 Å². The fraction of sp³-hybridized carbons (Fsp3) is 0.300. The molecule has 0 aliphatic heterocycles. The highest BCUT2D eigenvalue weighted by Gasteiger charge is 2.17. The van der Waals surface area contributed by atoms with E-state index in [2.05, 4.69) is 33.7 Å². The predicted octanol–water partition coefficient (Wildman–Crippen LogP) is 3.01. The first-order valence-electron chi connectivity index (χ1n) is 8.74. The van der Waals surface area contributed by atoms with Gasteiger partial charge in [0, 0.05) is 0 Å². The zero-order chi connectivity index (χ0) is 20.5. The molecule has 2 aromatic carbocycles. The van der Waals surface area contributed by atoms with Crippen LogP contribution >= 0.6 is 15.9 Å². The first-order valence-corrected chi connectivity index (χ1v) is 9.53. The number of nitrogens with one attached hydrogen (secondary N) is 2. The van der Waals surface area contributed by atoms with Gasteiger partial charge in [-0.15, -0.1) is 0 Å². The van der Waals surface area contributed by atoms with Gasteiger partial charge in [0.05, 0.1) is 11.6 Å². The first kappa shape index (κ1) is 21.6. The number of para-hydroxylation sites is 2. The molecule has 2 N–H and O–H groups in total. The Bertz CT molecular complexity index is 828. The molecule has 0 aliphatic carbocycles. The van der Waals surface area contributed by atoms with Gasteiger partial charge in [0.1, 0.15) is 5.75 Å². The summed E-state index contributed by atoms with van der Waals surface area (Å²) < 4.78 is 17.0. The number of ether oxygens (including phenoxy) is 3. The molecule has 2 amide bonds. The van der Waals surface area contributed by atoms with Crippen molar-refractivity contribution in [1.29, 1.82) is 0 Å². The van der Waals surface area contributed by atoms with E-state index < -0.39 is 17.9 Å². The fourth-order valence-corrected chi connectivity index (χ4v) is 2.79. The normalized spacial score (nSPS) is 11.3. The van der Waals surface area contributed by atoms with Crippen LogP contribution in [0.2, 0.25) is 0 Å². The summed E-state index contributed by atoms with van der Waals surface area (Å²) in [6.45, 7) is 3.37. The number of hydrogen-bond donors (Lipinski definition) is 2. The minimum atomic E-state index is -0.840. The lowest BCUT2D eigenvalue weighted by molar-refractivity contribution is -0.133. The quantitative estimate of drug-likeness (QED) is 0.603. The number of benzene rings is 2. The SMILES string of the molecule is CCc1ccc(OCC(=O)NNC(=O)C(C)Oc2ccccc2OC)c(Br)c1. The van der Waals surface area contributed by atoms with Crippen molar-refractivity contribution in [2.45, 2.75) is 26.4 Å². The van der Waals surface area contributed by atoms with Crippen molar-refractivity contribution < 1.29 is 23.8 Å². The van der Waals surface area contributed by atoms with Gasteiger partial charge < -0.3 is 14.2 Å². The van der Waals surface area contributed by atoms with E-state index in [-0.39, 0.29) is 6.61 Å². The minimum absolute atomic E-state index is 0.244. The average molecular weight is 451 g/mol. The van der Waals surface area contributed by atoms with E-state index in [0.29, 0.717) is 17.2 Å². The zero-order valence-corrected chi connectivity index (χ0v) is 17.5. The van der Waals surface area contributed by atoms with Gasteiger partial charge in [0.25, 0.3) is 11.8 Å². The number of hydrogen-bond acceptors (Lipinski definition) is 5. The molecule has 0 fully saturated rings. The molecule has 8 heteroatoms. The van der Waals surface area contributed by atoms with Crippen molar-refractivity contribution in [3.8, 4) is 17.2 Å². The van der Waals surface area contributed by atoms with Crippen LogP contribution in [0.5, 0.6) is 17.2 Å². The summed E-state index contributed by atoms with van der Waals surface area (Å²) in [4.78, 5) is 24.0. The largest absolute Gasteiger partial charge is 0.493 e. The lowest BCUT2D eigenvalue weighted by Crippen LogP contribution is -2.48. The molecule has 1 unspecified atom stereocenters. The number of methoxy groups -OCH3 is 1. The molecule has 0 spiro atoms. The standard InChI is InChI=1S/C20H23BrN2O5/c1-4-14-9-10-16(15(21)11-14)27-12-19(24)22-23-20(25)13(2)28-18-8-6-5-7-17(18)26-3/h5-11,13H,4,12H2,1-3H3,(H,22,24)(H,23,25). The third-order valence-electron chi connectivity index (χ3n) is 3.83. The maximum Gasteiger partial charge on any atom is 0.279 e. The summed E-state index contributed by atoms with van der Waals surface area (Å²) in [6, 6.07) is 12.6. The van der Waals surface area contributed by atoms with Crippen molar-refractivity contribution in [2.75, 3.05) is 13.7 Å². The van der Waals surface area contributed by atoms with Gasteiger partial charge in [-0.05, 0) is 59.1 Å². The van der Waals surface area contributed by atoms with Crippen LogP contribution in [0.3, 0.4) is 0 Å². The molecular formula is C20H23BrN2O5. The summed E-state index contributed by atoms with van der Waals surface area (Å²) >= 11 is 3.41.